The fraction of sp³-hybridized carbons (Fsp3) is 0.278. The molecule has 0 radical (unpaired) electrons. The van der Waals surface area contributed by atoms with E-state index < -0.39 is 0 Å². The molecule has 0 heterocycles. The molecule has 0 saturated heterocycles. The lowest BCUT2D eigenvalue weighted by atomic mass is 10.1. The number of nitrogens with one attached hydrogen (secondary N) is 1. The Labute approximate surface area is 126 Å². The standard InChI is InChI=1S/C18H22N2O/c1-14-9-7-8-12-17(14)18(21)19-13-15(2)20(3)16-10-5-4-6-11-16/h4-12,15H,13H2,1-3H3,(H,19,21)/t15-/m1/s1. The molecule has 1 amide bonds. The molecule has 0 aliphatic rings. The monoisotopic (exact) mass is 282 g/mol. The first kappa shape index (κ1) is 15.1. The van der Waals surface area contributed by atoms with Gasteiger partial charge in [0.15, 0.2) is 0 Å². The van der Waals surface area contributed by atoms with Crippen LogP contribution in [0.1, 0.15) is 22.8 Å². The van der Waals surface area contributed by atoms with Gasteiger partial charge in [0.05, 0.1) is 0 Å². The number of amides is 1. The molecule has 0 aliphatic carbocycles. The Balaban J connectivity index is 1.94. The molecule has 0 fully saturated rings. The molecule has 0 bridgehead atoms. The maximum absolute atomic E-state index is 12.2. The van der Waals surface area contributed by atoms with Crippen LogP contribution >= 0.6 is 0 Å². The lowest BCUT2D eigenvalue weighted by Gasteiger charge is -2.27. The predicted octanol–water partition coefficient (Wildman–Crippen LogP) is 3.25. The lowest BCUT2D eigenvalue weighted by Crippen LogP contribution is -2.40. The molecule has 2 aromatic rings. The van der Waals surface area contributed by atoms with Crippen LogP contribution in [0.5, 0.6) is 0 Å². The number of aryl methyl sites for hydroxylation is 1. The fourth-order valence-corrected chi connectivity index (χ4v) is 2.22. The molecule has 0 spiro atoms. The van der Waals surface area contributed by atoms with Crippen LogP contribution < -0.4 is 10.2 Å². The highest BCUT2D eigenvalue weighted by Gasteiger charge is 2.13. The molecule has 3 heteroatoms. The van der Waals surface area contributed by atoms with E-state index in [1.54, 1.807) is 0 Å². The molecule has 2 aromatic carbocycles. The summed E-state index contributed by atoms with van der Waals surface area (Å²) in [5, 5.41) is 3.01. The summed E-state index contributed by atoms with van der Waals surface area (Å²) in [6, 6.07) is 18.0. The highest BCUT2D eigenvalue weighted by molar-refractivity contribution is 5.95. The van der Waals surface area contributed by atoms with Gasteiger partial charge in [-0.15, -0.1) is 0 Å². The minimum Gasteiger partial charge on any atom is -0.370 e. The van der Waals surface area contributed by atoms with E-state index in [4.69, 9.17) is 0 Å². The van der Waals surface area contributed by atoms with Gasteiger partial charge >= 0.3 is 0 Å². The molecular formula is C18H22N2O. The average Bonchev–Trinajstić information content (AvgIpc) is 2.52. The number of carbonyl (C=O) groups excluding carboxylic acids is 1. The van der Waals surface area contributed by atoms with Crippen molar-refractivity contribution in [1.29, 1.82) is 0 Å². The van der Waals surface area contributed by atoms with Crippen molar-refractivity contribution < 1.29 is 4.79 Å². The van der Waals surface area contributed by atoms with Crippen molar-refractivity contribution >= 4 is 11.6 Å². The van der Waals surface area contributed by atoms with Gasteiger partial charge < -0.3 is 10.2 Å². The van der Waals surface area contributed by atoms with Gasteiger partial charge in [0.1, 0.15) is 0 Å². The Morgan fingerprint density at radius 3 is 2.38 bits per heavy atom. The van der Waals surface area contributed by atoms with Gasteiger partial charge in [-0.1, -0.05) is 36.4 Å². The highest BCUT2D eigenvalue weighted by atomic mass is 16.1. The number of nitrogens with zero attached hydrogens (tertiary/aromatic N) is 1. The van der Waals surface area contributed by atoms with Crippen molar-refractivity contribution in [2.45, 2.75) is 19.9 Å². The van der Waals surface area contributed by atoms with Gasteiger partial charge in [0.25, 0.3) is 5.91 Å². The molecule has 0 saturated carbocycles. The lowest BCUT2D eigenvalue weighted by molar-refractivity contribution is 0.0951. The van der Waals surface area contributed by atoms with Gasteiger partial charge in [-0.3, -0.25) is 4.79 Å². The molecule has 0 aromatic heterocycles. The molecule has 2 rings (SSSR count). The van der Waals surface area contributed by atoms with Crippen molar-refractivity contribution in [2.24, 2.45) is 0 Å². The van der Waals surface area contributed by atoms with E-state index in [0.717, 1.165) is 16.8 Å². The summed E-state index contributed by atoms with van der Waals surface area (Å²) in [5.74, 6) is -0.0126. The molecule has 1 atom stereocenters. The SMILES string of the molecule is Cc1ccccc1C(=O)NC[C@@H](C)N(C)c1ccccc1. The second kappa shape index (κ2) is 6.93. The van der Waals surface area contributed by atoms with Crippen molar-refractivity contribution in [3.63, 3.8) is 0 Å². The number of carbonyl (C=O) groups is 1. The zero-order valence-corrected chi connectivity index (χ0v) is 12.8. The Morgan fingerprint density at radius 2 is 1.71 bits per heavy atom. The van der Waals surface area contributed by atoms with Gasteiger partial charge in [0.2, 0.25) is 0 Å². The molecule has 21 heavy (non-hydrogen) atoms. The third-order valence-electron chi connectivity index (χ3n) is 3.77. The first-order valence-electron chi connectivity index (χ1n) is 7.21. The summed E-state index contributed by atoms with van der Waals surface area (Å²) in [5.41, 5.74) is 2.89. The number of rotatable bonds is 5. The Morgan fingerprint density at radius 1 is 1.10 bits per heavy atom. The number of hydrogen-bond acceptors (Lipinski definition) is 2. The van der Waals surface area contributed by atoms with E-state index in [1.165, 1.54) is 0 Å². The summed E-state index contributed by atoms with van der Waals surface area (Å²) < 4.78 is 0. The number of benzene rings is 2. The van der Waals surface area contributed by atoms with Crippen molar-refractivity contribution in [3.05, 3.63) is 65.7 Å². The van der Waals surface area contributed by atoms with Crippen LogP contribution in [0.2, 0.25) is 0 Å². The Bertz CT molecular complexity index is 595. The Kier molecular flexibility index (Phi) is 4.99. The topological polar surface area (TPSA) is 32.3 Å². The maximum atomic E-state index is 12.2. The average molecular weight is 282 g/mol. The van der Waals surface area contributed by atoms with Crippen LogP contribution in [0.4, 0.5) is 5.69 Å². The molecule has 1 N–H and O–H groups in total. The number of anilines is 1. The van der Waals surface area contributed by atoms with Gasteiger partial charge in [-0.05, 0) is 37.6 Å². The van der Waals surface area contributed by atoms with E-state index in [2.05, 4.69) is 29.3 Å². The molecule has 0 unspecified atom stereocenters. The fourth-order valence-electron chi connectivity index (χ4n) is 2.22. The van der Waals surface area contributed by atoms with E-state index in [1.807, 2.05) is 56.4 Å². The molecular weight excluding hydrogens is 260 g/mol. The third kappa shape index (κ3) is 3.85. The Hall–Kier alpha value is -2.29. The van der Waals surface area contributed by atoms with Crippen LogP contribution in [0.15, 0.2) is 54.6 Å². The van der Waals surface area contributed by atoms with Crippen molar-refractivity contribution in [1.82, 2.24) is 5.32 Å². The van der Waals surface area contributed by atoms with Crippen molar-refractivity contribution in [3.8, 4) is 0 Å². The number of para-hydroxylation sites is 1. The van der Waals surface area contributed by atoms with Crippen LogP contribution in [0, 0.1) is 6.92 Å². The number of hydrogen-bond donors (Lipinski definition) is 1. The maximum Gasteiger partial charge on any atom is 0.251 e. The summed E-state index contributed by atoms with van der Waals surface area (Å²) in [7, 11) is 2.04. The quantitative estimate of drug-likeness (QED) is 0.913. The van der Waals surface area contributed by atoms with E-state index in [9.17, 15) is 4.79 Å². The van der Waals surface area contributed by atoms with Crippen LogP contribution in [0.25, 0.3) is 0 Å². The number of likely N-dealkylation sites (N-methyl/N-ethyl adjacent to an activating group) is 1. The van der Waals surface area contributed by atoms with Crippen molar-refractivity contribution in [2.75, 3.05) is 18.5 Å². The second-order valence-corrected chi connectivity index (χ2v) is 5.32. The normalized spacial score (nSPS) is 11.8. The van der Waals surface area contributed by atoms with Crippen LogP contribution in [-0.2, 0) is 0 Å². The molecule has 3 nitrogen and oxygen atoms in total. The van der Waals surface area contributed by atoms with Gasteiger partial charge in [-0.2, -0.15) is 0 Å². The first-order valence-corrected chi connectivity index (χ1v) is 7.21. The van der Waals surface area contributed by atoms with Gasteiger partial charge in [-0.25, -0.2) is 0 Å². The van der Waals surface area contributed by atoms with E-state index in [-0.39, 0.29) is 11.9 Å². The third-order valence-corrected chi connectivity index (χ3v) is 3.77. The summed E-state index contributed by atoms with van der Waals surface area (Å²) in [6.45, 7) is 4.66. The minimum absolute atomic E-state index is 0.0126. The van der Waals surface area contributed by atoms with Crippen LogP contribution in [0.3, 0.4) is 0 Å². The first-order chi connectivity index (χ1) is 10.1. The highest BCUT2D eigenvalue weighted by Crippen LogP contribution is 2.14. The molecule has 110 valence electrons. The predicted molar refractivity (Wildman–Crippen MR) is 87.8 cm³/mol. The summed E-state index contributed by atoms with van der Waals surface area (Å²) >= 11 is 0. The summed E-state index contributed by atoms with van der Waals surface area (Å²) in [4.78, 5) is 14.4. The van der Waals surface area contributed by atoms with Crippen LogP contribution in [-0.4, -0.2) is 25.5 Å². The largest absolute Gasteiger partial charge is 0.370 e. The van der Waals surface area contributed by atoms with Gasteiger partial charge in [0, 0.05) is 30.9 Å². The zero-order chi connectivity index (χ0) is 15.2. The van der Waals surface area contributed by atoms with E-state index in [0.29, 0.717) is 6.54 Å². The van der Waals surface area contributed by atoms with E-state index >= 15 is 0 Å². The summed E-state index contributed by atoms with van der Waals surface area (Å²) in [6.07, 6.45) is 0. The molecule has 0 aliphatic heterocycles. The zero-order valence-electron chi connectivity index (χ0n) is 12.8. The minimum atomic E-state index is -0.0126. The second-order valence-electron chi connectivity index (χ2n) is 5.32. The smallest absolute Gasteiger partial charge is 0.251 e.